The van der Waals surface area contributed by atoms with Crippen molar-refractivity contribution in [1.29, 1.82) is 0 Å². The molecule has 0 saturated carbocycles. The molecule has 0 heterocycles. The van der Waals surface area contributed by atoms with Gasteiger partial charge in [-0.1, -0.05) is 48.5 Å². The minimum absolute atomic E-state index is 0.237. The van der Waals surface area contributed by atoms with Crippen molar-refractivity contribution in [1.82, 2.24) is 10.9 Å². The predicted octanol–water partition coefficient (Wildman–Crippen LogP) is 3.59. The molecule has 3 aromatic carbocycles. The van der Waals surface area contributed by atoms with Gasteiger partial charge >= 0.3 is 0 Å². The zero-order valence-electron chi connectivity index (χ0n) is 13.3. The van der Waals surface area contributed by atoms with Gasteiger partial charge in [0, 0.05) is 11.3 Å². The van der Waals surface area contributed by atoms with Crippen LogP contribution >= 0.6 is 12.6 Å². The van der Waals surface area contributed by atoms with Crippen molar-refractivity contribution in [2.75, 3.05) is 5.73 Å². The maximum atomic E-state index is 12.4. The molecule has 0 bridgehead atoms. The first kappa shape index (κ1) is 16.4. The number of amides is 1. The van der Waals surface area contributed by atoms with Crippen LogP contribution in [0.5, 0.6) is 0 Å². The number of anilines is 1. The standard InChI is InChI=1S/C19H19N3OS/c1-12-9-10-14(20)11-17(12)18(23)21-22-19(24)16-8-4-6-13-5-2-3-7-15(13)16/h2-11,19,22,24H,20H2,1H3,(H,21,23). The van der Waals surface area contributed by atoms with Crippen LogP contribution in [0.25, 0.3) is 10.8 Å². The van der Waals surface area contributed by atoms with E-state index in [0.29, 0.717) is 11.3 Å². The number of aryl methyl sites for hydroxylation is 1. The van der Waals surface area contributed by atoms with Gasteiger partial charge in [0.05, 0.1) is 5.37 Å². The largest absolute Gasteiger partial charge is 0.399 e. The molecule has 0 aliphatic rings. The molecular formula is C19H19N3OS. The summed E-state index contributed by atoms with van der Waals surface area (Å²) in [5.41, 5.74) is 14.4. The maximum absolute atomic E-state index is 12.4. The van der Waals surface area contributed by atoms with Gasteiger partial charge in [-0.15, -0.1) is 0 Å². The Morgan fingerprint density at radius 2 is 1.83 bits per heavy atom. The lowest BCUT2D eigenvalue weighted by Gasteiger charge is -2.17. The molecule has 0 radical (unpaired) electrons. The van der Waals surface area contributed by atoms with Crippen LogP contribution in [0.2, 0.25) is 0 Å². The van der Waals surface area contributed by atoms with Crippen molar-refractivity contribution in [3.63, 3.8) is 0 Å². The van der Waals surface area contributed by atoms with E-state index < -0.39 is 0 Å². The number of nitrogens with one attached hydrogen (secondary N) is 2. The Bertz CT molecular complexity index is 889. The highest BCUT2D eigenvalue weighted by atomic mass is 32.1. The minimum atomic E-state index is -0.332. The molecule has 0 spiro atoms. The lowest BCUT2D eigenvalue weighted by molar-refractivity contribution is 0.0931. The molecule has 1 unspecified atom stereocenters. The average molecular weight is 337 g/mol. The molecular weight excluding hydrogens is 318 g/mol. The zero-order chi connectivity index (χ0) is 17.1. The van der Waals surface area contributed by atoms with Gasteiger partial charge < -0.3 is 5.73 Å². The molecule has 1 amide bonds. The van der Waals surface area contributed by atoms with Crippen molar-refractivity contribution in [2.24, 2.45) is 0 Å². The number of carbonyl (C=O) groups is 1. The summed E-state index contributed by atoms with van der Waals surface area (Å²) in [5.74, 6) is -0.237. The molecule has 0 fully saturated rings. The number of thiol groups is 1. The normalized spacial score (nSPS) is 12.1. The first-order valence-electron chi connectivity index (χ1n) is 7.64. The second-order valence-electron chi connectivity index (χ2n) is 5.64. The highest BCUT2D eigenvalue weighted by molar-refractivity contribution is 7.80. The topological polar surface area (TPSA) is 67.2 Å². The SMILES string of the molecule is Cc1ccc(N)cc1C(=O)NNC(S)c1cccc2ccccc12. The summed E-state index contributed by atoms with van der Waals surface area (Å²) < 4.78 is 0. The molecule has 4 nitrogen and oxygen atoms in total. The van der Waals surface area contributed by atoms with E-state index in [1.807, 2.05) is 55.5 Å². The number of benzene rings is 3. The van der Waals surface area contributed by atoms with Crippen molar-refractivity contribution in [3.05, 3.63) is 77.4 Å². The molecule has 4 N–H and O–H groups in total. The van der Waals surface area contributed by atoms with Crippen LogP contribution in [-0.4, -0.2) is 5.91 Å². The fourth-order valence-electron chi connectivity index (χ4n) is 2.65. The van der Waals surface area contributed by atoms with Gasteiger partial charge in [0.15, 0.2) is 0 Å². The number of hydrogen-bond donors (Lipinski definition) is 4. The third-order valence-electron chi connectivity index (χ3n) is 3.95. The number of hydrazine groups is 1. The first-order chi connectivity index (χ1) is 11.6. The van der Waals surface area contributed by atoms with E-state index in [1.165, 1.54) is 0 Å². The van der Waals surface area contributed by atoms with Crippen LogP contribution in [0.4, 0.5) is 5.69 Å². The Morgan fingerprint density at radius 3 is 2.67 bits per heavy atom. The van der Waals surface area contributed by atoms with Gasteiger partial charge in [-0.2, -0.15) is 12.6 Å². The van der Waals surface area contributed by atoms with Gasteiger partial charge in [0.25, 0.3) is 5.91 Å². The number of hydrogen-bond acceptors (Lipinski definition) is 4. The molecule has 24 heavy (non-hydrogen) atoms. The van der Waals surface area contributed by atoms with Crippen molar-refractivity contribution < 1.29 is 4.79 Å². The number of nitrogen functional groups attached to an aromatic ring is 1. The number of carbonyl (C=O) groups excluding carboxylic acids is 1. The second-order valence-corrected chi connectivity index (χ2v) is 6.16. The second kappa shape index (κ2) is 6.95. The zero-order valence-corrected chi connectivity index (χ0v) is 14.2. The van der Waals surface area contributed by atoms with E-state index in [0.717, 1.165) is 21.9 Å². The van der Waals surface area contributed by atoms with Gasteiger partial charge in [-0.3, -0.25) is 10.2 Å². The quantitative estimate of drug-likeness (QED) is 0.255. The van der Waals surface area contributed by atoms with Crippen LogP contribution in [0.3, 0.4) is 0 Å². The van der Waals surface area contributed by atoms with E-state index in [2.05, 4.69) is 23.5 Å². The molecule has 5 heteroatoms. The van der Waals surface area contributed by atoms with E-state index >= 15 is 0 Å². The Labute approximate surface area is 146 Å². The van der Waals surface area contributed by atoms with Crippen LogP contribution < -0.4 is 16.6 Å². The highest BCUT2D eigenvalue weighted by Crippen LogP contribution is 2.26. The fraction of sp³-hybridized carbons (Fsp3) is 0.105. The highest BCUT2D eigenvalue weighted by Gasteiger charge is 2.13. The number of nitrogens with two attached hydrogens (primary N) is 1. The van der Waals surface area contributed by atoms with E-state index in [4.69, 9.17) is 5.73 Å². The van der Waals surface area contributed by atoms with Crippen LogP contribution in [0, 0.1) is 6.92 Å². The number of rotatable bonds is 4. The van der Waals surface area contributed by atoms with E-state index in [-0.39, 0.29) is 11.3 Å². The van der Waals surface area contributed by atoms with E-state index in [9.17, 15) is 4.79 Å². The van der Waals surface area contributed by atoms with E-state index in [1.54, 1.807) is 12.1 Å². The molecule has 0 saturated heterocycles. The molecule has 0 aliphatic carbocycles. The summed E-state index contributed by atoms with van der Waals surface area (Å²) in [6.07, 6.45) is 0. The fourth-order valence-corrected chi connectivity index (χ4v) is 2.94. The summed E-state index contributed by atoms with van der Waals surface area (Å²) in [4.78, 5) is 12.4. The van der Waals surface area contributed by atoms with Crippen molar-refractivity contribution in [2.45, 2.75) is 12.3 Å². The Hall–Kier alpha value is -2.50. The predicted molar refractivity (Wildman–Crippen MR) is 102 cm³/mol. The monoisotopic (exact) mass is 337 g/mol. The maximum Gasteiger partial charge on any atom is 0.265 e. The first-order valence-corrected chi connectivity index (χ1v) is 8.15. The lowest BCUT2D eigenvalue weighted by atomic mass is 10.0. The van der Waals surface area contributed by atoms with Crippen molar-refractivity contribution >= 4 is 35.0 Å². The molecule has 3 rings (SSSR count). The van der Waals surface area contributed by atoms with Gasteiger partial charge in [0.2, 0.25) is 0 Å². The Balaban J connectivity index is 1.76. The summed E-state index contributed by atoms with van der Waals surface area (Å²) in [7, 11) is 0. The summed E-state index contributed by atoms with van der Waals surface area (Å²) in [6, 6.07) is 19.4. The third kappa shape index (κ3) is 3.37. The van der Waals surface area contributed by atoms with Crippen molar-refractivity contribution in [3.8, 4) is 0 Å². The smallest absolute Gasteiger partial charge is 0.265 e. The van der Waals surface area contributed by atoms with Crippen LogP contribution in [0.15, 0.2) is 60.7 Å². The lowest BCUT2D eigenvalue weighted by Crippen LogP contribution is -2.38. The molecule has 0 aliphatic heterocycles. The summed E-state index contributed by atoms with van der Waals surface area (Å²) >= 11 is 4.58. The Morgan fingerprint density at radius 1 is 1.08 bits per heavy atom. The Kier molecular flexibility index (Phi) is 4.74. The number of fused-ring (bicyclic) bond motifs is 1. The van der Waals surface area contributed by atoms with Crippen LogP contribution in [-0.2, 0) is 0 Å². The molecule has 0 aromatic heterocycles. The third-order valence-corrected chi connectivity index (χ3v) is 4.35. The van der Waals surface area contributed by atoms with Crippen LogP contribution in [0.1, 0.15) is 26.9 Å². The summed E-state index contributed by atoms with van der Waals surface area (Å²) in [6.45, 7) is 1.87. The average Bonchev–Trinajstić information content (AvgIpc) is 2.61. The van der Waals surface area contributed by atoms with Gasteiger partial charge in [-0.05, 0) is 41.0 Å². The summed E-state index contributed by atoms with van der Waals surface area (Å²) in [5, 5.41) is 1.90. The molecule has 1 atom stereocenters. The minimum Gasteiger partial charge on any atom is -0.399 e. The van der Waals surface area contributed by atoms with Gasteiger partial charge in [0.1, 0.15) is 0 Å². The molecule has 3 aromatic rings. The van der Waals surface area contributed by atoms with Gasteiger partial charge in [-0.25, -0.2) is 5.43 Å². The molecule has 122 valence electrons.